The van der Waals surface area contributed by atoms with Gasteiger partial charge in [-0.15, -0.1) is 0 Å². The van der Waals surface area contributed by atoms with Crippen LogP contribution in [0.3, 0.4) is 0 Å². The molecule has 0 bridgehead atoms. The zero-order chi connectivity index (χ0) is 15.0. The lowest BCUT2D eigenvalue weighted by Crippen LogP contribution is -2.41. The van der Waals surface area contributed by atoms with Crippen molar-refractivity contribution >= 4 is 11.9 Å². The third kappa shape index (κ3) is 5.25. The Morgan fingerprint density at radius 2 is 2.00 bits per heavy atom. The maximum atomic E-state index is 11.5. The minimum Gasteiger partial charge on any atom is -0.497 e. The number of nitrogens with one attached hydrogen (secondary N) is 1. The summed E-state index contributed by atoms with van der Waals surface area (Å²) in [7, 11) is 1.57. The Balaban J connectivity index is 2.33. The SMILES string of the molecule is COc1ccc(COC(=O)CC[C@H](NN)C(=O)O)cc1. The van der Waals surface area contributed by atoms with Gasteiger partial charge in [0.15, 0.2) is 0 Å². The topological polar surface area (TPSA) is 111 Å². The van der Waals surface area contributed by atoms with Crippen molar-refractivity contribution in [3.63, 3.8) is 0 Å². The fourth-order valence-corrected chi connectivity index (χ4v) is 1.50. The summed E-state index contributed by atoms with van der Waals surface area (Å²) in [5.74, 6) is 4.21. The Bertz CT molecular complexity index is 447. The molecule has 7 heteroatoms. The Hall–Kier alpha value is -2.12. The van der Waals surface area contributed by atoms with E-state index in [0.717, 1.165) is 11.3 Å². The Morgan fingerprint density at radius 3 is 2.50 bits per heavy atom. The third-order valence-electron chi connectivity index (χ3n) is 2.70. The van der Waals surface area contributed by atoms with Crippen LogP contribution in [0.25, 0.3) is 0 Å². The largest absolute Gasteiger partial charge is 0.497 e. The Kier molecular flexibility index (Phi) is 6.48. The van der Waals surface area contributed by atoms with Crippen molar-refractivity contribution in [1.82, 2.24) is 5.43 Å². The number of hydrogen-bond acceptors (Lipinski definition) is 6. The first-order valence-corrected chi connectivity index (χ1v) is 6.04. The summed E-state index contributed by atoms with van der Waals surface area (Å²) in [6.45, 7) is 0.136. The summed E-state index contributed by atoms with van der Waals surface area (Å²) >= 11 is 0. The van der Waals surface area contributed by atoms with Crippen molar-refractivity contribution in [2.24, 2.45) is 5.84 Å². The molecule has 1 aromatic rings. The average Bonchev–Trinajstić information content (AvgIpc) is 2.46. The predicted molar refractivity (Wildman–Crippen MR) is 70.8 cm³/mol. The summed E-state index contributed by atoms with van der Waals surface area (Å²) in [6.07, 6.45) is 0.0601. The van der Waals surface area contributed by atoms with Gasteiger partial charge in [0.25, 0.3) is 0 Å². The number of hydrogen-bond donors (Lipinski definition) is 3. The van der Waals surface area contributed by atoms with Crippen molar-refractivity contribution in [3.05, 3.63) is 29.8 Å². The molecule has 20 heavy (non-hydrogen) atoms. The highest BCUT2D eigenvalue weighted by Crippen LogP contribution is 2.12. The summed E-state index contributed by atoms with van der Waals surface area (Å²) in [6, 6.07) is 6.15. The van der Waals surface area contributed by atoms with Gasteiger partial charge in [-0.1, -0.05) is 12.1 Å². The molecule has 0 saturated carbocycles. The molecule has 0 fully saturated rings. The molecule has 0 aliphatic carbocycles. The highest BCUT2D eigenvalue weighted by Gasteiger charge is 2.17. The smallest absolute Gasteiger partial charge is 0.322 e. The van der Waals surface area contributed by atoms with Gasteiger partial charge in [0.05, 0.1) is 7.11 Å². The molecule has 0 spiro atoms. The van der Waals surface area contributed by atoms with Crippen LogP contribution in [0.2, 0.25) is 0 Å². The molecule has 0 heterocycles. The van der Waals surface area contributed by atoms with Crippen LogP contribution in [0, 0.1) is 0 Å². The molecule has 4 N–H and O–H groups in total. The number of carbonyl (C=O) groups is 2. The minimum absolute atomic E-state index is 0.0165. The van der Waals surface area contributed by atoms with Gasteiger partial charge >= 0.3 is 11.9 Å². The van der Waals surface area contributed by atoms with E-state index in [-0.39, 0.29) is 19.4 Å². The molecule has 0 aromatic heterocycles. The molecule has 1 rings (SSSR count). The van der Waals surface area contributed by atoms with Gasteiger partial charge in [-0.3, -0.25) is 15.4 Å². The van der Waals surface area contributed by atoms with Crippen molar-refractivity contribution in [1.29, 1.82) is 0 Å². The number of benzene rings is 1. The van der Waals surface area contributed by atoms with E-state index in [2.05, 4.69) is 5.43 Å². The second kappa shape index (κ2) is 8.13. The van der Waals surface area contributed by atoms with E-state index >= 15 is 0 Å². The van der Waals surface area contributed by atoms with Crippen LogP contribution in [0.5, 0.6) is 5.75 Å². The maximum absolute atomic E-state index is 11.5. The first-order valence-electron chi connectivity index (χ1n) is 6.04. The van der Waals surface area contributed by atoms with Crippen molar-refractivity contribution in [2.75, 3.05) is 7.11 Å². The second-order valence-electron chi connectivity index (χ2n) is 4.10. The predicted octanol–water partition coefficient (Wildman–Crippen LogP) is 0.435. The van der Waals surface area contributed by atoms with Gasteiger partial charge in [-0.2, -0.15) is 0 Å². The maximum Gasteiger partial charge on any atom is 0.322 e. The van der Waals surface area contributed by atoms with Gasteiger partial charge in [0, 0.05) is 6.42 Å². The van der Waals surface area contributed by atoms with Crippen LogP contribution < -0.4 is 16.0 Å². The van der Waals surface area contributed by atoms with Gasteiger partial charge < -0.3 is 14.6 Å². The molecule has 1 atom stereocenters. The van der Waals surface area contributed by atoms with E-state index in [1.807, 2.05) is 0 Å². The Labute approximate surface area is 116 Å². The number of ether oxygens (including phenoxy) is 2. The molecule has 0 amide bonds. The van der Waals surface area contributed by atoms with Gasteiger partial charge in [-0.05, 0) is 24.1 Å². The summed E-state index contributed by atoms with van der Waals surface area (Å²) < 4.78 is 10.0. The number of aliphatic carboxylic acids is 1. The highest BCUT2D eigenvalue weighted by atomic mass is 16.5. The first-order chi connectivity index (χ1) is 9.56. The van der Waals surface area contributed by atoms with Crippen LogP contribution in [0.1, 0.15) is 18.4 Å². The summed E-state index contributed by atoms with van der Waals surface area (Å²) in [5.41, 5.74) is 2.95. The molecule has 0 unspecified atom stereocenters. The zero-order valence-electron chi connectivity index (χ0n) is 11.2. The molecule has 0 aliphatic rings. The summed E-state index contributed by atoms with van der Waals surface area (Å²) in [5, 5.41) is 8.74. The van der Waals surface area contributed by atoms with Crippen LogP contribution in [0.4, 0.5) is 0 Å². The summed E-state index contributed by atoms with van der Waals surface area (Å²) in [4.78, 5) is 22.2. The normalized spacial score (nSPS) is 11.7. The molecule has 7 nitrogen and oxygen atoms in total. The number of rotatable bonds is 8. The van der Waals surface area contributed by atoms with Crippen molar-refractivity contribution < 1.29 is 24.2 Å². The quantitative estimate of drug-likeness (QED) is 0.360. The van der Waals surface area contributed by atoms with Gasteiger partial charge in [0.1, 0.15) is 18.4 Å². The number of nitrogens with two attached hydrogens (primary N) is 1. The van der Waals surface area contributed by atoms with Crippen molar-refractivity contribution in [2.45, 2.75) is 25.5 Å². The number of esters is 1. The van der Waals surface area contributed by atoms with E-state index in [0.29, 0.717) is 0 Å². The van der Waals surface area contributed by atoms with E-state index in [1.54, 1.807) is 31.4 Å². The van der Waals surface area contributed by atoms with E-state index < -0.39 is 18.0 Å². The number of carboxylic acid groups (broad SMARTS) is 1. The standard InChI is InChI=1S/C13H18N2O5/c1-19-10-4-2-9(3-5-10)8-20-12(16)7-6-11(15-14)13(17)18/h2-5,11,15H,6-8,14H2,1H3,(H,17,18)/t11-/m0/s1. The zero-order valence-corrected chi connectivity index (χ0v) is 11.2. The second-order valence-corrected chi connectivity index (χ2v) is 4.10. The van der Waals surface area contributed by atoms with E-state index in [9.17, 15) is 9.59 Å². The van der Waals surface area contributed by atoms with Crippen molar-refractivity contribution in [3.8, 4) is 5.75 Å². The Morgan fingerprint density at radius 1 is 1.35 bits per heavy atom. The number of carboxylic acids is 1. The monoisotopic (exact) mass is 282 g/mol. The van der Waals surface area contributed by atoms with E-state index in [1.165, 1.54) is 0 Å². The number of methoxy groups -OCH3 is 1. The highest BCUT2D eigenvalue weighted by molar-refractivity contribution is 5.75. The molecule has 0 aliphatic heterocycles. The first kappa shape index (κ1) is 15.9. The van der Waals surface area contributed by atoms with Crippen LogP contribution in [-0.2, 0) is 20.9 Å². The lowest BCUT2D eigenvalue weighted by atomic mass is 10.1. The minimum atomic E-state index is -1.10. The van der Waals surface area contributed by atoms with Crippen LogP contribution in [-0.4, -0.2) is 30.2 Å². The molecule has 0 saturated heterocycles. The van der Waals surface area contributed by atoms with E-state index in [4.69, 9.17) is 20.4 Å². The average molecular weight is 282 g/mol. The fourth-order valence-electron chi connectivity index (χ4n) is 1.50. The molecular weight excluding hydrogens is 264 g/mol. The molecule has 110 valence electrons. The molecule has 1 aromatic carbocycles. The molecular formula is C13H18N2O5. The lowest BCUT2D eigenvalue weighted by Gasteiger charge is -2.10. The van der Waals surface area contributed by atoms with Crippen LogP contribution >= 0.6 is 0 Å². The number of carbonyl (C=O) groups excluding carboxylic acids is 1. The third-order valence-corrected chi connectivity index (χ3v) is 2.70. The van der Waals surface area contributed by atoms with Gasteiger partial charge in [0.2, 0.25) is 0 Å². The molecule has 0 radical (unpaired) electrons. The fraction of sp³-hybridized carbons (Fsp3) is 0.385. The lowest BCUT2D eigenvalue weighted by molar-refractivity contribution is -0.145. The van der Waals surface area contributed by atoms with Gasteiger partial charge in [-0.25, -0.2) is 5.43 Å². The van der Waals surface area contributed by atoms with Crippen LogP contribution in [0.15, 0.2) is 24.3 Å². The number of hydrazine groups is 1.